The lowest BCUT2D eigenvalue weighted by Gasteiger charge is -2.11. The van der Waals surface area contributed by atoms with E-state index in [0.29, 0.717) is 10.7 Å². The molecule has 0 amide bonds. The Kier molecular flexibility index (Phi) is 3.84. The summed E-state index contributed by atoms with van der Waals surface area (Å²) in [5.74, 6) is 0. The van der Waals surface area contributed by atoms with Crippen LogP contribution in [-0.4, -0.2) is 23.4 Å². The van der Waals surface area contributed by atoms with Gasteiger partial charge in [0.25, 0.3) is 10.0 Å². The maximum atomic E-state index is 12.3. The second kappa shape index (κ2) is 5.10. The van der Waals surface area contributed by atoms with E-state index in [9.17, 15) is 8.42 Å². The topological polar surface area (TPSA) is 76.9 Å². The van der Waals surface area contributed by atoms with E-state index in [4.69, 9.17) is 11.6 Å². The smallest absolute Gasteiger partial charge is 0.276 e. The first kappa shape index (κ1) is 14.3. The molecule has 1 heterocycles. The van der Waals surface area contributed by atoms with Crippen molar-refractivity contribution in [2.45, 2.75) is 11.9 Å². The Labute approximate surface area is 123 Å². The van der Waals surface area contributed by atoms with Gasteiger partial charge in [-0.05, 0) is 34.5 Å². The molecule has 0 aliphatic heterocycles. The third-order valence-electron chi connectivity index (χ3n) is 2.45. The van der Waals surface area contributed by atoms with E-state index in [2.05, 4.69) is 31.0 Å². The number of aryl methyl sites for hydroxylation is 2. The molecule has 1 aromatic heterocycles. The highest BCUT2D eigenvalue weighted by molar-refractivity contribution is 9.10. The Morgan fingerprint density at radius 2 is 2.11 bits per heavy atom. The molecule has 0 aliphatic carbocycles. The lowest BCUT2D eigenvalue weighted by molar-refractivity contribution is 0.578. The molecule has 6 nitrogen and oxygen atoms in total. The number of hydrogen-bond donors (Lipinski definition) is 1. The molecule has 0 aliphatic rings. The Morgan fingerprint density at radius 3 is 2.63 bits per heavy atom. The molecule has 1 N–H and O–H groups in total. The number of halogens is 2. The Balaban J connectivity index is 2.49. The minimum atomic E-state index is -3.82. The first-order valence-electron chi connectivity index (χ1n) is 5.16. The Morgan fingerprint density at radius 1 is 1.42 bits per heavy atom. The van der Waals surface area contributed by atoms with Gasteiger partial charge in [0.1, 0.15) is 0 Å². The molecule has 0 spiro atoms. The lowest BCUT2D eigenvalue weighted by Crippen LogP contribution is -2.18. The summed E-state index contributed by atoms with van der Waals surface area (Å²) in [6.07, 6.45) is 0. The zero-order valence-corrected chi connectivity index (χ0v) is 13.2. The molecule has 0 radical (unpaired) electrons. The van der Waals surface area contributed by atoms with Gasteiger partial charge in [0.2, 0.25) is 5.03 Å². The fraction of sp³-hybridized carbons (Fsp3) is 0.200. The van der Waals surface area contributed by atoms with Crippen molar-refractivity contribution in [3.63, 3.8) is 0 Å². The number of benzene rings is 1. The minimum absolute atomic E-state index is 0.0631. The number of sulfonamides is 1. The van der Waals surface area contributed by atoms with Crippen LogP contribution in [0.3, 0.4) is 0 Å². The van der Waals surface area contributed by atoms with Crippen LogP contribution in [0.2, 0.25) is 5.02 Å². The van der Waals surface area contributed by atoms with Gasteiger partial charge in [-0.1, -0.05) is 28.9 Å². The second-order valence-corrected chi connectivity index (χ2v) is 6.60. The van der Waals surface area contributed by atoms with Crippen LogP contribution in [0.5, 0.6) is 0 Å². The summed E-state index contributed by atoms with van der Waals surface area (Å²) >= 11 is 9.06. The number of nitrogens with zero attached hydrogens (tertiary/aromatic N) is 3. The minimum Gasteiger partial charge on any atom is -0.276 e. The van der Waals surface area contributed by atoms with Gasteiger partial charge in [-0.3, -0.25) is 4.72 Å². The zero-order valence-electron chi connectivity index (χ0n) is 10.1. The average molecular weight is 366 g/mol. The first-order chi connectivity index (χ1) is 8.83. The highest BCUT2D eigenvalue weighted by atomic mass is 79.9. The van der Waals surface area contributed by atoms with Crippen LogP contribution in [0, 0.1) is 6.92 Å². The molecule has 0 saturated carbocycles. The van der Waals surface area contributed by atoms with Crippen LogP contribution in [0.25, 0.3) is 0 Å². The van der Waals surface area contributed by atoms with E-state index in [-0.39, 0.29) is 9.63 Å². The Bertz CT molecular complexity index is 689. The third kappa shape index (κ3) is 2.75. The maximum absolute atomic E-state index is 12.3. The van der Waals surface area contributed by atoms with E-state index in [1.807, 2.05) is 0 Å². The average Bonchev–Trinajstić information content (AvgIpc) is 2.64. The van der Waals surface area contributed by atoms with Crippen molar-refractivity contribution < 1.29 is 8.42 Å². The van der Waals surface area contributed by atoms with Gasteiger partial charge in [0.05, 0.1) is 10.7 Å². The van der Waals surface area contributed by atoms with E-state index in [1.54, 1.807) is 25.1 Å². The van der Waals surface area contributed by atoms with E-state index >= 15 is 0 Å². The highest BCUT2D eigenvalue weighted by Gasteiger charge is 2.25. The molecule has 0 unspecified atom stereocenters. The van der Waals surface area contributed by atoms with Crippen LogP contribution >= 0.6 is 27.5 Å². The summed E-state index contributed by atoms with van der Waals surface area (Å²) in [5, 5.41) is 7.55. The summed E-state index contributed by atoms with van der Waals surface area (Å²) in [6, 6.07) is 5.13. The quantitative estimate of drug-likeness (QED) is 0.905. The summed E-state index contributed by atoms with van der Waals surface area (Å²) in [6.45, 7) is 1.76. The molecule has 0 fully saturated rings. The molecule has 0 bridgehead atoms. The number of aromatic nitrogens is 3. The highest BCUT2D eigenvalue weighted by Crippen LogP contribution is 2.29. The normalized spacial score (nSPS) is 11.6. The fourth-order valence-electron chi connectivity index (χ4n) is 1.55. The van der Waals surface area contributed by atoms with Crippen LogP contribution < -0.4 is 4.72 Å². The summed E-state index contributed by atoms with van der Waals surface area (Å²) in [4.78, 5) is 0. The second-order valence-electron chi connectivity index (χ2n) is 3.85. The number of nitrogens with one attached hydrogen (secondary N) is 1. The molecular weight excluding hydrogens is 356 g/mol. The summed E-state index contributed by atoms with van der Waals surface area (Å²) in [7, 11) is -2.33. The molecule has 0 saturated heterocycles. The standard InChI is InChI=1S/C10H10BrClN4O2S/c1-6-4-3-5-7(12)8(6)14-19(17,18)10-9(11)13-15-16(10)2/h3-5,14H,1-2H3. The van der Waals surface area contributed by atoms with Crippen molar-refractivity contribution in [1.29, 1.82) is 0 Å². The fourth-order valence-corrected chi connectivity index (χ4v) is 4.13. The predicted molar refractivity (Wildman–Crippen MR) is 75.7 cm³/mol. The predicted octanol–water partition coefficient (Wildman–Crippen LogP) is 2.34. The van der Waals surface area contributed by atoms with Gasteiger partial charge >= 0.3 is 0 Å². The van der Waals surface area contributed by atoms with Gasteiger partial charge < -0.3 is 0 Å². The van der Waals surface area contributed by atoms with Gasteiger partial charge in [-0.25, -0.2) is 4.68 Å². The maximum Gasteiger partial charge on any atom is 0.281 e. The number of rotatable bonds is 3. The summed E-state index contributed by atoms with van der Waals surface area (Å²) < 4.78 is 28.4. The van der Waals surface area contributed by atoms with E-state index in [0.717, 1.165) is 5.56 Å². The van der Waals surface area contributed by atoms with Crippen molar-refractivity contribution in [3.8, 4) is 0 Å². The number of hydrogen-bond acceptors (Lipinski definition) is 4. The van der Waals surface area contributed by atoms with Gasteiger partial charge in [0, 0.05) is 7.05 Å². The van der Waals surface area contributed by atoms with E-state index < -0.39 is 10.0 Å². The molecule has 19 heavy (non-hydrogen) atoms. The summed E-state index contributed by atoms with van der Waals surface area (Å²) in [5.41, 5.74) is 1.07. The first-order valence-corrected chi connectivity index (χ1v) is 7.81. The van der Waals surface area contributed by atoms with Crippen LogP contribution in [0.1, 0.15) is 5.56 Å². The van der Waals surface area contributed by atoms with Crippen molar-refractivity contribution in [1.82, 2.24) is 15.0 Å². The van der Waals surface area contributed by atoms with Crippen molar-refractivity contribution in [2.75, 3.05) is 4.72 Å². The molecular formula is C10H10BrClN4O2S. The van der Waals surface area contributed by atoms with Gasteiger partial charge in [-0.15, -0.1) is 5.10 Å². The zero-order chi connectivity index (χ0) is 14.2. The van der Waals surface area contributed by atoms with Gasteiger partial charge in [-0.2, -0.15) is 8.42 Å². The van der Waals surface area contributed by atoms with Gasteiger partial charge in [0.15, 0.2) is 4.60 Å². The van der Waals surface area contributed by atoms with Crippen LogP contribution in [0.4, 0.5) is 5.69 Å². The van der Waals surface area contributed by atoms with Crippen molar-refractivity contribution in [3.05, 3.63) is 33.4 Å². The molecule has 0 atom stereocenters. The molecule has 2 rings (SSSR count). The van der Waals surface area contributed by atoms with Crippen molar-refractivity contribution in [2.24, 2.45) is 7.05 Å². The monoisotopic (exact) mass is 364 g/mol. The molecule has 1 aromatic carbocycles. The molecule has 2 aromatic rings. The lowest BCUT2D eigenvalue weighted by atomic mass is 10.2. The van der Waals surface area contributed by atoms with E-state index in [1.165, 1.54) is 11.7 Å². The largest absolute Gasteiger partial charge is 0.281 e. The number of para-hydroxylation sites is 1. The van der Waals surface area contributed by atoms with Crippen LogP contribution in [-0.2, 0) is 17.1 Å². The van der Waals surface area contributed by atoms with Crippen molar-refractivity contribution >= 4 is 43.2 Å². The molecule has 9 heteroatoms. The SMILES string of the molecule is Cc1cccc(Cl)c1NS(=O)(=O)c1c(Br)nnn1C. The number of anilines is 1. The van der Waals surface area contributed by atoms with Crippen LogP contribution in [0.15, 0.2) is 27.8 Å². The molecule has 102 valence electrons. The third-order valence-corrected chi connectivity index (χ3v) is 5.00. The Hall–Kier alpha value is -1.12.